The predicted octanol–water partition coefficient (Wildman–Crippen LogP) is 3.12. The van der Waals surface area contributed by atoms with E-state index in [0.29, 0.717) is 23.3 Å². The maximum atomic E-state index is 12.0. The number of benzene rings is 1. The molecule has 0 radical (unpaired) electrons. The van der Waals surface area contributed by atoms with Gasteiger partial charge in [-0.1, -0.05) is 17.7 Å². The molecular weight excluding hydrogens is 328 g/mol. The van der Waals surface area contributed by atoms with Gasteiger partial charge in [0.15, 0.2) is 5.82 Å². The van der Waals surface area contributed by atoms with Crippen LogP contribution in [0.4, 0.5) is 10.6 Å². The van der Waals surface area contributed by atoms with Crippen LogP contribution in [0.15, 0.2) is 30.3 Å². The van der Waals surface area contributed by atoms with Crippen molar-refractivity contribution in [2.45, 2.75) is 32.3 Å². The first kappa shape index (κ1) is 16.8. The summed E-state index contributed by atoms with van der Waals surface area (Å²) < 4.78 is 1.73. The van der Waals surface area contributed by atoms with Gasteiger partial charge in [-0.2, -0.15) is 0 Å². The molecule has 1 saturated carbocycles. The Balaban J connectivity index is 1.59. The number of nitrogens with one attached hydrogen (secondary N) is 2. The van der Waals surface area contributed by atoms with Gasteiger partial charge in [0.2, 0.25) is 0 Å². The molecule has 2 aromatic rings. The fourth-order valence-corrected chi connectivity index (χ4v) is 3.22. The Kier molecular flexibility index (Phi) is 5.06. The Morgan fingerprint density at radius 3 is 2.96 bits per heavy atom. The Morgan fingerprint density at radius 2 is 2.25 bits per heavy atom. The summed E-state index contributed by atoms with van der Waals surface area (Å²) in [6, 6.07) is 8.90. The van der Waals surface area contributed by atoms with Crippen molar-refractivity contribution in [2.75, 3.05) is 11.9 Å². The Hall–Kier alpha value is -2.05. The number of nitrogens with zero attached hydrogens (tertiary/aromatic N) is 2. The third-order valence-corrected chi connectivity index (χ3v) is 4.48. The van der Waals surface area contributed by atoms with Crippen molar-refractivity contribution in [3.63, 3.8) is 0 Å². The van der Waals surface area contributed by atoms with Crippen LogP contribution in [0, 0.1) is 12.8 Å². The molecule has 0 spiro atoms. The number of aliphatic hydroxyl groups excluding tert-OH is 1. The number of aliphatic hydroxyl groups is 1. The van der Waals surface area contributed by atoms with E-state index in [9.17, 15) is 9.90 Å². The molecule has 6 nitrogen and oxygen atoms in total. The third kappa shape index (κ3) is 4.07. The van der Waals surface area contributed by atoms with Gasteiger partial charge in [0.1, 0.15) is 0 Å². The smallest absolute Gasteiger partial charge is 0.320 e. The van der Waals surface area contributed by atoms with Crippen LogP contribution in [0.5, 0.6) is 0 Å². The summed E-state index contributed by atoms with van der Waals surface area (Å²) in [5, 5.41) is 20.1. The minimum absolute atomic E-state index is 0.226. The highest BCUT2D eigenvalue weighted by Crippen LogP contribution is 2.24. The average molecular weight is 349 g/mol. The van der Waals surface area contributed by atoms with Gasteiger partial charge in [0.25, 0.3) is 0 Å². The number of anilines is 1. The highest BCUT2D eigenvalue weighted by Gasteiger charge is 2.23. The lowest BCUT2D eigenvalue weighted by Crippen LogP contribution is -2.32. The van der Waals surface area contributed by atoms with E-state index in [1.165, 1.54) is 0 Å². The number of urea groups is 1. The molecular formula is C17H21ClN4O2. The zero-order chi connectivity index (χ0) is 17.1. The number of halogens is 1. The molecule has 2 amide bonds. The molecule has 3 rings (SSSR count). The van der Waals surface area contributed by atoms with Gasteiger partial charge in [-0.15, -0.1) is 5.10 Å². The van der Waals surface area contributed by atoms with Gasteiger partial charge in [0.05, 0.1) is 11.8 Å². The zero-order valence-corrected chi connectivity index (χ0v) is 14.3. The van der Waals surface area contributed by atoms with Gasteiger partial charge in [-0.25, -0.2) is 9.48 Å². The van der Waals surface area contributed by atoms with Crippen LogP contribution in [0.3, 0.4) is 0 Å². The minimum Gasteiger partial charge on any atom is -0.393 e. The van der Waals surface area contributed by atoms with Crippen LogP contribution in [-0.4, -0.2) is 33.6 Å². The van der Waals surface area contributed by atoms with Crippen molar-refractivity contribution < 1.29 is 9.90 Å². The van der Waals surface area contributed by atoms with E-state index < -0.39 is 0 Å². The molecule has 1 fully saturated rings. The predicted molar refractivity (Wildman–Crippen MR) is 93.7 cm³/mol. The number of amides is 2. The van der Waals surface area contributed by atoms with Gasteiger partial charge in [0, 0.05) is 23.3 Å². The van der Waals surface area contributed by atoms with E-state index in [1.54, 1.807) is 16.8 Å². The molecule has 24 heavy (non-hydrogen) atoms. The topological polar surface area (TPSA) is 79.2 Å². The van der Waals surface area contributed by atoms with Crippen LogP contribution >= 0.6 is 11.6 Å². The summed E-state index contributed by atoms with van der Waals surface area (Å²) >= 11 is 6.01. The molecule has 2 atom stereocenters. The number of carbonyl (C=O) groups excluding carboxylic acids is 1. The summed E-state index contributed by atoms with van der Waals surface area (Å²) in [5.41, 5.74) is 1.74. The van der Waals surface area contributed by atoms with E-state index in [1.807, 2.05) is 25.1 Å². The molecule has 1 heterocycles. The van der Waals surface area contributed by atoms with Gasteiger partial charge in [-0.3, -0.25) is 5.32 Å². The van der Waals surface area contributed by atoms with Gasteiger partial charge >= 0.3 is 6.03 Å². The summed E-state index contributed by atoms with van der Waals surface area (Å²) in [6.45, 7) is 2.48. The first-order valence-electron chi connectivity index (χ1n) is 8.07. The summed E-state index contributed by atoms with van der Waals surface area (Å²) in [7, 11) is 0. The van der Waals surface area contributed by atoms with E-state index in [0.717, 1.165) is 30.6 Å². The lowest BCUT2D eigenvalue weighted by Gasteiger charge is -2.10. The van der Waals surface area contributed by atoms with Crippen molar-refractivity contribution >= 4 is 23.4 Å². The Labute approximate surface area is 145 Å². The van der Waals surface area contributed by atoms with Crippen molar-refractivity contribution in [1.82, 2.24) is 15.1 Å². The molecule has 0 bridgehead atoms. The lowest BCUT2D eigenvalue weighted by atomic mass is 10.1. The third-order valence-electron chi connectivity index (χ3n) is 4.25. The number of hydrogen-bond donors (Lipinski definition) is 3. The number of carbonyl (C=O) groups is 1. The highest BCUT2D eigenvalue weighted by molar-refractivity contribution is 6.30. The second-order valence-corrected chi connectivity index (χ2v) is 6.67. The standard InChI is InChI=1S/C17H21ClN4O2/c1-11-7-16(21-22(11)14-4-2-3-13(18)9-14)20-17(24)19-10-12-5-6-15(23)8-12/h2-4,7,9,12,15,23H,5-6,8,10H2,1H3,(H2,19,20,21,24)/t12-,15-/m1/s1. The van der Waals surface area contributed by atoms with E-state index >= 15 is 0 Å². The summed E-state index contributed by atoms with van der Waals surface area (Å²) in [6.07, 6.45) is 2.29. The molecule has 0 saturated heterocycles. The molecule has 3 N–H and O–H groups in total. The largest absolute Gasteiger partial charge is 0.393 e. The van der Waals surface area contributed by atoms with Crippen molar-refractivity contribution in [3.05, 3.63) is 41.0 Å². The van der Waals surface area contributed by atoms with Crippen LogP contribution < -0.4 is 10.6 Å². The molecule has 128 valence electrons. The molecule has 1 aromatic heterocycles. The first-order valence-corrected chi connectivity index (χ1v) is 8.44. The van der Waals surface area contributed by atoms with Gasteiger partial charge in [-0.05, 0) is 50.3 Å². The summed E-state index contributed by atoms with van der Waals surface area (Å²) in [4.78, 5) is 12.0. The Morgan fingerprint density at radius 1 is 1.42 bits per heavy atom. The second-order valence-electron chi connectivity index (χ2n) is 6.23. The number of hydrogen-bond acceptors (Lipinski definition) is 3. The molecule has 1 aliphatic carbocycles. The molecule has 1 aliphatic rings. The molecule has 0 unspecified atom stereocenters. The maximum Gasteiger partial charge on any atom is 0.320 e. The quantitative estimate of drug-likeness (QED) is 0.794. The second kappa shape index (κ2) is 7.23. The SMILES string of the molecule is Cc1cc(NC(=O)NC[C@@H]2CC[C@@H](O)C2)nn1-c1cccc(Cl)c1. The van der Waals surface area contributed by atoms with Crippen molar-refractivity contribution in [2.24, 2.45) is 5.92 Å². The van der Waals surface area contributed by atoms with Gasteiger partial charge < -0.3 is 10.4 Å². The van der Waals surface area contributed by atoms with Crippen molar-refractivity contribution in [3.8, 4) is 5.69 Å². The zero-order valence-electron chi connectivity index (χ0n) is 13.5. The molecule has 7 heteroatoms. The highest BCUT2D eigenvalue weighted by atomic mass is 35.5. The number of aryl methyl sites for hydroxylation is 1. The van der Waals surface area contributed by atoms with E-state index in [-0.39, 0.29) is 12.1 Å². The number of rotatable bonds is 4. The first-order chi connectivity index (χ1) is 11.5. The van der Waals surface area contributed by atoms with Crippen LogP contribution in [0.2, 0.25) is 5.02 Å². The maximum absolute atomic E-state index is 12.0. The fraction of sp³-hybridized carbons (Fsp3) is 0.412. The normalized spacial score (nSPS) is 20.1. The summed E-state index contributed by atoms with van der Waals surface area (Å²) in [5.74, 6) is 0.827. The average Bonchev–Trinajstić information content (AvgIpc) is 3.11. The Bertz CT molecular complexity index is 731. The van der Waals surface area contributed by atoms with E-state index in [2.05, 4.69) is 15.7 Å². The monoisotopic (exact) mass is 348 g/mol. The van der Waals surface area contributed by atoms with Crippen LogP contribution in [0.25, 0.3) is 5.69 Å². The molecule has 1 aromatic carbocycles. The van der Waals surface area contributed by atoms with Crippen LogP contribution in [0.1, 0.15) is 25.0 Å². The van der Waals surface area contributed by atoms with E-state index in [4.69, 9.17) is 11.6 Å². The minimum atomic E-state index is -0.285. The lowest BCUT2D eigenvalue weighted by molar-refractivity contribution is 0.177. The van der Waals surface area contributed by atoms with Crippen molar-refractivity contribution in [1.29, 1.82) is 0 Å². The van der Waals surface area contributed by atoms with Crippen LogP contribution in [-0.2, 0) is 0 Å². The molecule has 0 aliphatic heterocycles. The fourth-order valence-electron chi connectivity index (χ4n) is 3.04. The number of aromatic nitrogens is 2.